The molecule has 0 amide bonds. The SMILES string of the molecule is CCO[Si](CCCSSSSCCC[Si](OCC)(OCC)OCC)(OCC)OCC.c1ccc2sc(SSSSc3nc4ccccc4s3)nc2c1.c1ccccc1. The highest BCUT2D eigenvalue weighted by Crippen LogP contribution is 2.51. The second kappa shape index (κ2) is 33.0. The number of aromatic nitrogens is 2. The van der Waals surface area contributed by atoms with Gasteiger partial charge < -0.3 is 26.6 Å². The highest BCUT2D eigenvalue weighted by molar-refractivity contribution is 9.26. The van der Waals surface area contributed by atoms with E-state index < -0.39 is 17.6 Å². The average molecular weight is 1010 g/mol. The maximum Gasteiger partial charge on any atom is 0.500 e. The van der Waals surface area contributed by atoms with Crippen LogP contribution in [0.25, 0.3) is 20.4 Å². The van der Waals surface area contributed by atoms with Crippen LogP contribution in [0.2, 0.25) is 12.1 Å². The van der Waals surface area contributed by atoms with Gasteiger partial charge in [-0.25, -0.2) is 9.97 Å². The molecule has 0 saturated carbocycles. The van der Waals surface area contributed by atoms with Crippen LogP contribution in [-0.4, -0.2) is 78.7 Å². The highest BCUT2D eigenvalue weighted by Gasteiger charge is 2.40. The zero-order valence-corrected chi connectivity index (χ0v) is 44.2. The second-order valence-corrected chi connectivity index (χ2v) is 31.2. The smallest absolute Gasteiger partial charge is 0.374 e. The third-order valence-corrected chi connectivity index (χ3v) is 28.8. The van der Waals surface area contributed by atoms with E-state index in [-0.39, 0.29) is 0 Å². The summed E-state index contributed by atoms with van der Waals surface area (Å²) in [4.78, 5) is 9.23. The summed E-state index contributed by atoms with van der Waals surface area (Å²) in [5.74, 6) is 2.13. The summed E-state index contributed by atoms with van der Waals surface area (Å²) in [5.41, 5.74) is 2.17. The Hall–Kier alpha value is 0.434. The van der Waals surface area contributed by atoms with Crippen LogP contribution in [0.5, 0.6) is 0 Å². The van der Waals surface area contributed by atoms with Gasteiger partial charge in [0.2, 0.25) is 0 Å². The fourth-order valence-corrected chi connectivity index (χ4v) is 25.5. The zero-order valence-electron chi connectivity index (χ0n) is 34.0. The predicted octanol–water partition coefficient (Wildman–Crippen LogP) is 15.2. The molecule has 2 aromatic heterocycles. The molecule has 0 unspecified atom stereocenters. The Kier molecular flexibility index (Phi) is 30.0. The van der Waals surface area contributed by atoms with Crippen molar-refractivity contribution in [3.05, 3.63) is 84.9 Å². The molecule has 0 aliphatic heterocycles. The number of thiazole rings is 2. The molecule has 5 rings (SSSR count). The topological polar surface area (TPSA) is 81.2 Å². The number of rotatable bonds is 28. The molecule has 3 aromatic carbocycles. The Labute approximate surface area is 387 Å². The van der Waals surface area contributed by atoms with Gasteiger partial charge in [0.1, 0.15) is 0 Å². The Bertz CT molecular complexity index is 1510. The first kappa shape index (κ1) is 52.8. The van der Waals surface area contributed by atoms with Crippen LogP contribution in [-0.2, 0) is 26.6 Å². The lowest BCUT2D eigenvalue weighted by atomic mass is 10.3. The largest absolute Gasteiger partial charge is 0.500 e. The molecule has 0 spiro atoms. The van der Waals surface area contributed by atoms with Gasteiger partial charge in [0.15, 0.2) is 8.68 Å². The van der Waals surface area contributed by atoms with Gasteiger partial charge in [-0.15, -0.1) is 22.7 Å². The van der Waals surface area contributed by atoms with Gasteiger partial charge in [-0.2, -0.15) is 0 Å². The lowest BCUT2D eigenvalue weighted by Gasteiger charge is -2.28. The highest BCUT2D eigenvalue weighted by atomic mass is 33.7. The minimum absolute atomic E-state index is 0.640. The Morgan fingerprint density at radius 1 is 0.448 bits per heavy atom. The van der Waals surface area contributed by atoms with Gasteiger partial charge in [-0.1, -0.05) is 82.3 Å². The summed E-state index contributed by atoms with van der Waals surface area (Å²) >= 11 is 3.49. The maximum atomic E-state index is 5.90. The van der Waals surface area contributed by atoms with Crippen molar-refractivity contribution in [1.82, 2.24) is 9.97 Å². The first-order valence-electron chi connectivity index (χ1n) is 19.3. The van der Waals surface area contributed by atoms with Gasteiger partial charge in [-0.05, 0) is 140 Å². The summed E-state index contributed by atoms with van der Waals surface area (Å²) in [5, 5.41) is 0. The molecule has 0 radical (unpaired) electrons. The molecule has 0 bridgehead atoms. The van der Waals surface area contributed by atoms with Crippen molar-refractivity contribution in [2.75, 3.05) is 51.1 Å². The summed E-state index contributed by atoms with van der Waals surface area (Å²) < 4.78 is 40.1. The molecule has 0 N–H and O–H groups in total. The van der Waals surface area contributed by atoms with Gasteiger partial charge in [0.05, 0.1) is 20.4 Å². The van der Waals surface area contributed by atoms with Crippen LogP contribution in [0, 0.1) is 0 Å². The molecule has 0 atom stereocenters. The molecule has 58 heavy (non-hydrogen) atoms. The normalized spacial score (nSPS) is 11.7. The van der Waals surface area contributed by atoms with Crippen molar-refractivity contribution in [2.24, 2.45) is 0 Å². The molecular formula is C38H56N2O6S10Si2. The predicted molar refractivity (Wildman–Crippen MR) is 273 cm³/mol. The van der Waals surface area contributed by atoms with Gasteiger partial charge >= 0.3 is 17.6 Å². The van der Waals surface area contributed by atoms with Crippen LogP contribution in [0.4, 0.5) is 0 Å². The van der Waals surface area contributed by atoms with Crippen molar-refractivity contribution < 1.29 is 26.6 Å². The molecule has 0 aliphatic rings. The molecule has 0 fully saturated rings. The standard InChI is InChI=1S/C18H42O6S4Si2.C14H8N2S6.C6H6/c1-7-19-29(20-8-2,21-9-3)17-13-15-25-27-28-26-16-14-18-30(22-10-4,23-11-5)24-12-6;1-3-7-11-9(5-1)15-13(17-11)19-21-22-20-14-16-10-6-2-4-8-12(10)18-14;1-2-4-6-5-3-1/h7-18H2,1-6H3;1-8H;1-6H. The van der Waals surface area contributed by atoms with Crippen LogP contribution in [0.1, 0.15) is 54.4 Å². The molecule has 0 aliphatic carbocycles. The summed E-state index contributed by atoms with van der Waals surface area (Å²) in [7, 11) is 9.38. The van der Waals surface area contributed by atoms with Crippen LogP contribution in [0.3, 0.4) is 0 Å². The molecule has 20 heteroatoms. The van der Waals surface area contributed by atoms with Crippen molar-refractivity contribution >= 4 is 143 Å². The van der Waals surface area contributed by atoms with Crippen molar-refractivity contribution in [3.8, 4) is 0 Å². The van der Waals surface area contributed by atoms with Gasteiger partial charge in [-0.3, -0.25) is 0 Å². The average Bonchev–Trinajstić information content (AvgIpc) is 3.86. The summed E-state index contributed by atoms with van der Waals surface area (Å²) in [6.45, 7) is 15.8. The van der Waals surface area contributed by atoms with Crippen molar-refractivity contribution in [1.29, 1.82) is 0 Å². The number of fused-ring (bicyclic) bond motifs is 2. The Morgan fingerprint density at radius 2 is 0.776 bits per heavy atom. The van der Waals surface area contributed by atoms with Gasteiger partial charge in [0.25, 0.3) is 0 Å². The number of hydrogen-bond donors (Lipinski definition) is 0. The maximum absolute atomic E-state index is 5.90. The van der Waals surface area contributed by atoms with E-state index in [4.69, 9.17) is 26.6 Å². The first-order valence-corrected chi connectivity index (χ1v) is 34.7. The Balaban J connectivity index is 0.000000277. The Morgan fingerprint density at radius 3 is 1.09 bits per heavy atom. The number of hydrogen-bond acceptors (Lipinski definition) is 18. The monoisotopic (exact) mass is 1010 g/mol. The minimum atomic E-state index is -2.49. The first-order chi connectivity index (χ1) is 28.5. The zero-order chi connectivity index (χ0) is 41.6. The van der Waals surface area contributed by atoms with Crippen molar-refractivity contribution in [3.63, 3.8) is 0 Å². The van der Waals surface area contributed by atoms with Gasteiger partial charge in [0, 0.05) is 63.2 Å². The van der Waals surface area contributed by atoms with E-state index in [2.05, 4.69) is 46.4 Å². The van der Waals surface area contributed by atoms with Crippen LogP contribution in [0.15, 0.2) is 93.6 Å². The van der Waals surface area contributed by atoms with E-state index >= 15 is 0 Å². The third kappa shape index (κ3) is 21.2. The van der Waals surface area contributed by atoms with E-state index in [0.717, 1.165) is 56.1 Å². The second-order valence-electron chi connectivity index (χ2n) is 11.3. The van der Waals surface area contributed by atoms with Crippen LogP contribution >= 0.6 is 105 Å². The molecule has 0 saturated heterocycles. The molecule has 2 heterocycles. The third-order valence-electron chi connectivity index (χ3n) is 7.18. The fourth-order valence-electron chi connectivity index (χ4n) is 5.05. The lowest BCUT2D eigenvalue weighted by molar-refractivity contribution is 0.0704. The molecule has 322 valence electrons. The molecular weight excluding hydrogens is 957 g/mol. The summed E-state index contributed by atoms with van der Waals surface area (Å²) in [6, 6.07) is 30.3. The fraction of sp³-hybridized carbons (Fsp3) is 0.474. The lowest BCUT2D eigenvalue weighted by Crippen LogP contribution is -2.46. The molecule has 5 aromatic rings. The minimum Gasteiger partial charge on any atom is -0.374 e. The number of para-hydroxylation sites is 2. The van der Waals surface area contributed by atoms with Crippen LogP contribution < -0.4 is 0 Å². The van der Waals surface area contributed by atoms with E-state index in [0.29, 0.717) is 39.6 Å². The number of benzene rings is 3. The number of nitrogens with zero attached hydrogens (tertiary/aromatic N) is 2. The van der Waals surface area contributed by atoms with E-state index in [1.807, 2.05) is 131 Å². The molecule has 8 nitrogen and oxygen atoms in total. The van der Waals surface area contributed by atoms with Crippen molar-refractivity contribution in [2.45, 2.75) is 75.2 Å². The quantitative estimate of drug-likeness (QED) is 0.0271. The summed E-state index contributed by atoms with van der Waals surface area (Å²) in [6.07, 6.45) is 2.08. The van der Waals surface area contributed by atoms with E-state index in [9.17, 15) is 0 Å². The van der Waals surface area contributed by atoms with E-state index in [1.54, 1.807) is 63.9 Å². The van der Waals surface area contributed by atoms with E-state index in [1.165, 1.54) is 9.40 Å².